The van der Waals surface area contributed by atoms with Crippen molar-refractivity contribution in [3.05, 3.63) is 45.7 Å². The summed E-state index contributed by atoms with van der Waals surface area (Å²) in [6, 6.07) is 7.32. The van der Waals surface area contributed by atoms with Gasteiger partial charge in [-0.3, -0.25) is 4.98 Å². The highest BCUT2D eigenvalue weighted by Crippen LogP contribution is 2.31. The predicted octanol–water partition coefficient (Wildman–Crippen LogP) is 4.13. The molecule has 0 spiro atoms. The zero-order valence-corrected chi connectivity index (χ0v) is 13.5. The number of hydrogen-bond donors (Lipinski definition) is 1. The van der Waals surface area contributed by atoms with Crippen LogP contribution in [0.1, 0.15) is 5.69 Å². The van der Waals surface area contributed by atoms with E-state index in [1.165, 1.54) is 0 Å². The second-order valence-corrected chi connectivity index (χ2v) is 5.26. The van der Waals surface area contributed by atoms with Crippen LogP contribution in [-0.4, -0.2) is 19.2 Å². The maximum Gasteiger partial charge on any atom is 0.184 e. The van der Waals surface area contributed by atoms with Gasteiger partial charge in [0.15, 0.2) is 11.5 Å². The fourth-order valence-corrected chi connectivity index (χ4v) is 2.35. The number of hydrogen-bond acceptors (Lipinski definition) is 4. The molecule has 0 atom stereocenters. The minimum Gasteiger partial charge on any atom is -0.493 e. The number of aromatic nitrogens is 1. The van der Waals surface area contributed by atoms with Crippen LogP contribution in [0.3, 0.4) is 0 Å². The smallest absolute Gasteiger partial charge is 0.184 e. The first-order valence-corrected chi connectivity index (χ1v) is 7.07. The molecule has 6 heteroatoms. The lowest BCUT2D eigenvalue weighted by atomic mass is 10.2. The minimum absolute atomic E-state index is 0.499. The van der Waals surface area contributed by atoms with Gasteiger partial charge < -0.3 is 14.8 Å². The van der Waals surface area contributed by atoms with Crippen molar-refractivity contribution in [2.75, 3.05) is 19.5 Å². The van der Waals surface area contributed by atoms with Gasteiger partial charge in [0.25, 0.3) is 0 Å². The van der Waals surface area contributed by atoms with E-state index in [2.05, 4.69) is 26.2 Å². The van der Waals surface area contributed by atoms with Gasteiger partial charge in [0.2, 0.25) is 0 Å². The maximum absolute atomic E-state index is 5.98. The molecule has 0 aliphatic carbocycles. The Balaban J connectivity index is 2.20. The first-order chi connectivity index (χ1) is 9.65. The van der Waals surface area contributed by atoms with Crippen LogP contribution in [0.4, 0.5) is 5.69 Å². The summed E-state index contributed by atoms with van der Waals surface area (Å²) >= 11 is 9.45. The van der Waals surface area contributed by atoms with Crippen molar-refractivity contribution in [2.45, 2.75) is 6.54 Å². The molecule has 4 nitrogen and oxygen atoms in total. The summed E-state index contributed by atoms with van der Waals surface area (Å²) in [5, 5.41) is 3.93. The largest absolute Gasteiger partial charge is 0.493 e. The Bertz CT molecular complexity index is 608. The van der Waals surface area contributed by atoms with Crippen molar-refractivity contribution in [1.82, 2.24) is 4.98 Å². The summed E-state index contributed by atoms with van der Waals surface area (Å²) in [6.07, 6.45) is 1.69. The Morgan fingerprint density at radius 3 is 2.75 bits per heavy atom. The molecule has 0 saturated heterocycles. The second kappa shape index (κ2) is 6.81. The highest BCUT2D eigenvalue weighted by Gasteiger charge is 2.11. The first kappa shape index (κ1) is 14.9. The Kier molecular flexibility index (Phi) is 5.09. The second-order valence-electron chi connectivity index (χ2n) is 3.97. The molecular formula is C14H14BrClN2O2. The van der Waals surface area contributed by atoms with Crippen molar-refractivity contribution in [2.24, 2.45) is 0 Å². The van der Waals surface area contributed by atoms with Crippen molar-refractivity contribution in [3.8, 4) is 11.5 Å². The lowest BCUT2D eigenvalue weighted by molar-refractivity contribution is 0.350. The fraction of sp³-hybridized carbons (Fsp3) is 0.214. The van der Waals surface area contributed by atoms with E-state index < -0.39 is 0 Å². The van der Waals surface area contributed by atoms with Crippen molar-refractivity contribution in [1.29, 1.82) is 0 Å². The number of nitrogens with zero attached hydrogens (tertiary/aromatic N) is 1. The van der Waals surface area contributed by atoms with Gasteiger partial charge in [0.05, 0.1) is 26.5 Å². The fourth-order valence-electron chi connectivity index (χ4n) is 1.79. The molecular weight excluding hydrogens is 344 g/mol. The number of ether oxygens (including phenoxy) is 2. The Morgan fingerprint density at radius 1 is 1.25 bits per heavy atom. The third kappa shape index (κ3) is 3.35. The zero-order valence-electron chi connectivity index (χ0n) is 11.1. The molecule has 2 aromatic rings. The molecule has 2 rings (SSSR count). The van der Waals surface area contributed by atoms with Crippen LogP contribution in [0.15, 0.2) is 34.9 Å². The van der Waals surface area contributed by atoms with E-state index in [9.17, 15) is 0 Å². The summed E-state index contributed by atoms with van der Waals surface area (Å²) in [5.74, 6) is 1.28. The van der Waals surface area contributed by atoms with Gasteiger partial charge in [-0.1, -0.05) is 11.6 Å². The molecule has 0 radical (unpaired) electrons. The summed E-state index contributed by atoms with van der Waals surface area (Å²) in [4.78, 5) is 4.31. The van der Waals surface area contributed by atoms with E-state index in [0.717, 1.165) is 15.9 Å². The van der Waals surface area contributed by atoms with E-state index in [1.54, 1.807) is 26.5 Å². The Morgan fingerprint density at radius 2 is 2.05 bits per heavy atom. The molecule has 106 valence electrons. The monoisotopic (exact) mass is 356 g/mol. The number of pyridine rings is 1. The predicted molar refractivity (Wildman–Crippen MR) is 83.8 cm³/mol. The summed E-state index contributed by atoms with van der Waals surface area (Å²) in [7, 11) is 3.20. The molecule has 0 aliphatic heterocycles. The van der Waals surface area contributed by atoms with Gasteiger partial charge in [0, 0.05) is 21.8 Å². The van der Waals surface area contributed by atoms with Gasteiger partial charge in [-0.2, -0.15) is 0 Å². The number of methoxy groups -OCH3 is 2. The van der Waals surface area contributed by atoms with Crippen LogP contribution in [0.25, 0.3) is 0 Å². The normalized spacial score (nSPS) is 10.2. The van der Waals surface area contributed by atoms with E-state index in [1.807, 2.05) is 18.2 Å². The number of anilines is 1. The van der Waals surface area contributed by atoms with Crippen LogP contribution in [0.2, 0.25) is 5.02 Å². The van der Waals surface area contributed by atoms with Crippen molar-refractivity contribution >= 4 is 33.2 Å². The lowest BCUT2D eigenvalue weighted by Gasteiger charge is -2.13. The third-order valence-corrected chi connectivity index (χ3v) is 3.67. The van der Waals surface area contributed by atoms with Crippen LogP contribution in [-0.2, 0) is 6.54 Å². The minimum atomic E-state index is 0.499. The molecule has 1 N–H and O–H groups in total. The quantitative estimate of drug-likeness (QED) is 0.874. The molecule has 1 heterocycles. The van der Waals surface area contributed by atoms with Gasteiger partial charge in [-0.25, -0.2) is 0 Å². The van der Waals surface area contributed by atoms with Gasteiger partial charge in [-0.15, -0.1) is 0 Å². The molecule has 0 bridgehead atoms. The zero-order chi connectivity index (χ0) is 14.5. The van der Waals surface area contributed by atoms with Crippen LogP contribution in [0, 0.1) is 0 Å². The summed E-state index contributed by atoms with van der Waals surface area (Å²) in [6.45, 7) is 0.499. The number of halogens is 2. The molecule has 0 saturated carbocycles. The third-order valence-electron chi connectivity index (χ3n) is 2.74. The van der Waals surface area contributed by atoms with Crippen LogP contribution in [0.5, 0.6) is 11.5 Å². The van der Waals surface area contributed by atoms with Gasteiger partial charge in [0.1, 0.15) is 5.69 Å². The molecule has 0 unspecified atom stereocenters. The van der Waals surface area contributed by atoms with Crippen LogP contribution < -0.4 is 14.8 Å². The molecule has 20 heavy (non-hydrogen) atoms. The van der Waals surface area contributed by atoms with Gasteiger partial charge in [-0.05, 0) is 34.1 Å². The molecule has 1 aromatic heterocycles. The lowest BCUT2D eigenvalue weighted by Crippen LogP contribution is -2.05. The number of nitrogens with one attached hydrogen (secondary N) is 1. The molecule has 1 aromatic carbocycles. The molecule has 0 aliphatic rings. The molecule has 0 fully saturated rings. The Labute approximate surface area is 131 Å². The highest BCUT2D eigenvalue weighted by molar-refractivity contribution is 9.10. The summed E-state index contributed by atoms with van der Waals surface area (Å²) in [5.41, 5.74) is 1.66. The van der Waals surface area contributed by atoms with Crippen molar-refractivity contribution < 1.29 is 9.47 Å². The van der Waals surface area contributed by atoms with E-state index >= 15 is 0 Å². The average molecular weight is 358 g/mol. The maximum atomic E-state index is 5.98. The van der Waals surface area contributed by atoms with Crippen LogP contribution >= 0.6 is 27.5 Å². The number of rotatable bonds is 5. The van der Waals surface area contributed by atoms with Crippen molar-refractivity contribution in [3.63, 3.8) is 0 Å². The topological polar surface area (TPSA) is 43.4 Å². The average Bonchev–Trinajstić information content (AvgIpc) is 2.47. The van der Waals surface area contributed by atoms with Gasteiger partial charge >= 0.3 is 0 Å². The molecule has 0 amide bonds. The van der Waals surface area contributed by atoms with E-state index in [-0.39, 0.29) is 0 Å². The first-order valence-electron chi connectivity index (χ1n) is 5.90. The summed E-state index contributed by atoms with van der Waals surface area (Å²) < 4.78 is 11.5. The highest BCUT2D eigenvalue weighted by atomic mass is 79.9. The number of benzene rings is 1. The SMILES string of the molecule is COc1ccnc(CNc2cc(Cl)ccc2Br)c1OC. The van der Waals surface area contributed by atoms with E-state index in [4.69, 9.17) is 21.1 Å². The standard InChI is InChI=1S/C14H14BrClN2O2/c1-19-13-5-6-17-12(14(13)20-2)8-18-11-7-9(16)3-4-10(11)15/h3-7,18H,8H2,1-2H3. The Hall–Kier alpha value is -1.46. The van der Waals surface area contributed by atoms with E-state index in [0.29, 0.717) is 23.1 Å².